The SMILES string of the molecule is Cc1ccc(OCCCCNC(=O)C(N)C2CCOCC2)cc1.Cl. The lowest BCUT2D eigenvalue weighted by atomic mass is 9.92. The molecule has 1 fully saturated rings. The molecule has 5 nitrogen and oxygen atoms in total. The molecule has 3 N–H and O–H groups in total. The van der Waals surface area contributed by atoms with Crippen LogP contribution in [0.25, 0.3) is 0 Å². The van der Waals surface area contributed by atoms with Crippen LogP contribution in [0.5, 0.6) is 5.75 Å². The summed E-state index contributed by atoms with van der Waals surface area (Å²) in [6, 6.07) is 7.61. The second-order valence-corrected chi connectivity index (χ2v) is 6.14. The van der Waals surface area contributed by atoms with Gasteiger partial charge in [-0.2, -0.15) is 0 Å². The third kappa shape index (κ3) is 7.07. The number of halogens is 1. The minimum absolute atomic E-state index is 0. The molecule has 24 heavy (non-hydrogen) atoms. The van der Waals surface area contributed by atoms with E-state index >= 15 is 0 Å². The monoisotopic (exact) mass is 356 g/mol. The third-order valence-corrected chi connectivity index (χ3v) is 4.24. The number of amides is 1. The van der Waals surface area contributed by atoms with E-state index in [-0.39, 0.29) is 24.2 Å². The van der Waals surface area contributed by atoms with Crippen molar-refractivity contribution in [3.8, 4) is 5.75 Å². The number of rotatable bonds is 8. The summed E-state index contributed by atoms with van der Waals surface area (Å²) in [4.78, 5) is 12.0. The van der Waals surface area contributed by atoms with E-state index in [9.17, 15) is 4.79 Å². The number of ether oxygens (including phenoxy) is 2. The number of benzene rings is 1. The van der Waals surface area contributed by atoms with Gasteiger partial charge in [-0.25, -0.2) is 0 Å². The van der Waals surface area contributed by atoms with E-state index in [1.807, 2.05) is 24.3 Å². The predicted octanol–water partition coefficient (Wildman–Crippen LogP) is 2.45. The zero-order valence-electron chi connectivity index (χ0n) is 14.3. The molecule has 1 aliphatic rings. The van der Waals surface area contributed by atoms with Crippen molar-refractivity contribution in [2.45, 2.75) is 38.6 Å². The third-order valence-electron chi connectivity index (χ3n) is 4.24. The smallest absolute Gasteiger partial charge is 0.237 e. The molecule has 1 aromatic carbocycles. The van der Waals surface area contributed by atoms with Gasteiger partial charge in [0.1, 0.15) is 5.75 Å². The van der Waals surface area contributed by atoms with Crippen LogP contribution in [0.2, 0.25) is 0 Å². The normalized spacial score (nSPS) is 16.1. The summed E-state index contributed by atoms with van der Waals surface area (Å²) in [7, 11) is 0. The second kappa shape index (κ2) is 11.3. The minimum Gasteiger partial charge on any atom is -0.494 e. The van der Waals surface area contributed by atoms with Crippen LogP contribution in [0, 0.1) is 12.8 Å². The highest BCUT2D eigenvalue weighted by molar-refractivity contribution is 5.85. The van der Waals surface area contributed by atoms with E-state index in [1.54, 1.807) is 0 Å². The molecule has 1 aromatic rings. The molecule has 6 heteroatoms. The van der Waals surface area contributed by atoms with E-state index < -0.39 is 6.04 Å². The molecule has 1 atom stereocenters. The molecule has 0 spiro atoms. The molecule has 0 radical (unpaired) electrons. The van der Waals surface area contributed by atoms with Crippen molar-refractivity contribution in [2.75, 3.05) is 26.4 Å². The molecule has 2 rings (SSSR count). The van der Waals surface area contributed by atoms with Gasteiger partial charge < -0.3 is 20.5 Å². The van der Waals surface area contributed by atoms with Crippen LogP contribution < -0.4 is 15.8 Å². The van der Waals surface area contributed by atoms with Gasteiger partial charge in [0.2, 0.25) is 5.91 Å². The van der Waals surface area contributed by atoms with E-state index in [2.05, 4.69) is 12.2 Å². The zero-order chi connectivity index (χ0) is 16.5. The molecule has 1 heterocycles. The first kappa shape index (κ1) is 20.7. The van der Waals surface area contributed by atoms with Crippen molar-refractivity contribution in [1.29, 1.82) is 0 Å². The van der Waals surface area contributed by atoms with Crippen molar-refractivity contribution in [3.05, 3.63) is 29.8 Å². The standard InChI is InChI=1S/C18H28N2O3.ClH/c1-14-4-6-16(7-5-14)23-11-3-2-10-20-18(21)17(19)15-8-12-22-13-9-15;/h4-7,15,17H,2-3,8-13,19H2,1H3,(H,20,21);1H. The Balaban J connectivity index is 0.00000288. The first-order chi connectivity index (χ1) is 11.2. The molecule has 0 aliphatic carbocycles. The van der Waals surface area contributed by atoms with Gasteiger partial charge in [-0.3, -0.25) is 4.79 Å². The van der Waals surface area contributed by atoms with Gasteiger partial charge in [-0.1, -0.05) is 17.7 Å². The fourth-order valence-corrected chi connectivity index (χ4v) is 2.67. The predicted molar refractivity (Wildman–Crippen MR) is 97.7 cm³/mol. The summed E-state index contributed by atoms with van der Waals surface area (Å²) in [6.07, 6.45) is 3.54. The molecule has 1 unspecified atom stereocenters. The first-order valence-corrected chi connectivity index (χ1v) is 8.47. The number of carbonyl (C=O) groups is 1. The minimum atomic E-state index is -0.414. The average molecular weight is 357 g/mol. The molecule has 0 bridgehead atoms. The van der Waals surface area contributed by atoms with Crippen LogP contribution in [-0.4, -0.2) is 38.3 Å². The average Bonchev–Trinajstić information content (AvgIpc) is 2.59. The van der Waals surface area contributed by atoms with Gasteiger partial charge >= 0.3 is 0 Å². The van der Waals surface area contributed by atoms with Gasteiger partial charge in [0, 0.05) is 19.8 Å². The highest BCUT2D eigenvalue weighted by Gasteiger charge is 2.26. The first-order valence-electron chi connectivity index (χ1n) is 8.47. The van der Waals surface area contributed by atoms with Crippen molar-refractivity contribution >= 4 is 18.3 Å². The number of hydrogen-bond acceptors (Lipinski definition) is 4. The number of carbonyl (C=O) groups excluding carboxylic acids is 1. The second-order valence-electron chi connectivity index (χ2n) is 6.14. The van der Waals surface area contributed by atoms with E-state index in [0.29, 0.717) is 26.4 Å². The van der Waals surface area contributed by atoms with Gasteiger partial charge in [0.05, 0.1) is 12.6 Å². The lowest BCUT2D eigenvalue weighted by molar-refractivity contribution is -0.124. The number of unbranched alkanes of at least 4 members (excludes halogenated alkanes) is 1. The summed E-state index contributed by atoms with van der Waals surface area (Å²) in [5, 5.41) is 2.93. The van der Waals surface area contributed by atoms with Gasteiger partial charge in [0.25, 0.3) is 0 Å². The highest BCUT2D eigenvalue weighted by Crippen LogP contribution is 2.17. The summed E-state index contributed by atoms with van der Waals surface area (Å²) in [6.45, 7) is 4.78. The Morgan fingerprint density at radius 1 is 1.29 bits per heavy atom. The van der Waals surface area contributed by atoms with Crippen molar-refractivity contribution in [2.24, 2.45) is 11.7 Å². The van der Waals surface area contributed by atoms with Gasteiger partial charge in [-0.05, 0) is 50.7 Å². The number of aryl methyl sites for hydroxylation is 1. The fourth-order valence-electron chi connectivity index (χ4n) is 2.67. The largest absolute Gasteiger partial charge is 0.494 e. The highest BCUT2D eigenvalue weighted by atomic mass is 35.5. The zero-order valence-corrected chi connectivity index (χ0v) is 15.1. The van der Waals surface area contributed by atoms with Crippen molar-refractivity contribution < 1.29 is 14.3 Å². The van der Waals surface area contributed by atoms with Crippen LogP contribution in [0.15, 0.2) is 24.3 Å². The summed E-state index contributed by atoms with van der Waals surface area (Å²) in [5.74, 6) is 1.09. The number of hydrogen-bond donors (Lipinski definition) is 2. The van der Waals surface area contributed by atoms with Crippen LogP contribution in [-0.2, 0) is 9.53 Å². The maximum atomic E-state index is 12.0. The molecule has 1 amide bonds. The van der Waals surface area contributed by atoms with Crippen molar-refractivity contribution in [3.63, 3.8) is 0 Å². The molecule has 0 saturated carbocycles. The Hall–Kier alpha value is -1.30. The molecule has 136 valence electrons. The van der Waals surface area contributed by atoms with Crippen LogP contribution in [0.4, 0.5) is 0 Å². The van der Waals surface area contributed by atoms with Crippen LogP contribution in [0.3, 0.4) is 0 Å². The van der Waals surface area contributed by atoms with Crippen molar-refractivity contribution in [1.82, 2.24) is 5.32 Å². The lowest BCUT2D eigenvalue weighted by Gasteiger charge is -2.26. The van der Waals surface area contributed by atoms with E-state index in [1.165, 1.54) is 5.56 Å². The van der Waals surface area contributed by atoms with Gasteiger partial charge in [-0.15, -0.1) is 12.4 Å². The molecule has 1 aliphatic heterocycles. The summed E-state index contributed by atoms with van der Waals surface area (Å²) >= 11 is 0. The molecule has 1 saturated heterocycles. The van der Waals surface area contributed by atoms with Crippen LogP contribution >= 0.6 is 12.4 Å². The Morgan fingerprint density at radius 2 is 1.96 bits per heavy atom. The molecule has 0 aromatic heterocycles. The van der Waals surface area contributed by atoms with E-state index in [4.69, 9.17) is 15.2 Å². The maximum absolute atomic E-state index is 12.0. The topological polar surface area (TPSA) is 73.6 Å². The summed E-state index contributed by atoms with van der Waals surface area (Å²) in [5.41, 5.74) is 7.25. The fraction of sp³-hybridized carbons (Fsp3) is 0.611. The maximum Gasteiger partial charge on any atom is 0.237 e. The Kier molecular flexibility index (Phi) is 9.76. The van der Waals surface area contributed by atoms with Crippen LogP contribution in [0.1, 0.15) is 31.2 Å². The Labute approximate surface area is 150 Å². The van der Waals surface area contributed by atoms with E-state index in [0.717, 1.165) is 31.4 Å². The Bertz CT molecular complexity index is 476. The molecular formula is C18H29ClN2O3. The molecular weight excluding hydrogens is 328 g/mol. The lowest BCUT2D eigenvalue weighted by Crippen LogP contribution is -2.47. The number of nitrogens with two attached hydrogens (primary N) is 1. The number of nitrogens with one attached hydrogen (secondary N) is 1. The Morgan fingerprint density at radius 3 is 2.62 bits per heavy atom. The van der Waals surface area contributed by atoms with Gasteiger partial charge in [0.15, 0.2) is 0 Å². The summed E-state index contributed by atoms with van der Waals surface area (Å²) < 4.78 is 11.0. The quantitative estimate of drug-likeness (QED) is 0.702.